The van der Waals surface area contributed by atoms with Crippen LogP contribution in [0, 0.1) is 6.92 Å². The number of hydrogen-bond acceptors (Lipinski definition) is 3. The van der Waals surface area contributed by atoms with Gasteiger partial charge >= 0.3 is 0 Å². The third kappa shape index (κ3) is 2.52. The summed E-state index contributed by atoms with van der Waals surface area (Å²) in [6.07, 6.45) is 0. The number of rotatable bonds is 2. The first-order chi connectivity index (χ1) is 8.65. The standard InChI is InChI=1S/C13H16BrNO3/c1-9-3-2-4-11(12(9)16)13(17)15-5-6-18-8-10(15)7-14/h2-4,10,16H,5-8H2,1H3. The van der Waals surface area contributed by atoms with Gasteiger partial charge in [-0.05, 0) is 18.6 Å². The Balaban J connectivity index is 2.27. The van der Waals surface area contributed by atoms with Crippen LogP contribution in [0.15, 0.2) is 18.2 Å². The number of ether oxygens (including phenoxy) is 1. The molecule has 4 nitrogen and oxygen atoms in total. The van der Waals surface area contributed by atoms with Crippen molar-refractivity contribution in [2.75, 3.05) is 25.1 Å². The van der Waals surface area contributed by atoms with Crippen molar-refractivity contribution in [3.05, 3.63) is 29.3 Å². The molecule has 1 heterocycles. The highest BCUT2D eigenvalue weighted by molar-refractivity contribution is 9.09. The molecule has 0 bridgehead atoms. The van der Waals surface area contributed by atoms with E-state index < -0.39 is 0 Å². The Hall–Kier alpha value is -1.07. The summed E-state index contributed by atoms with van der Waals surface area (Å²) < 4.78 is 5.36. The number of halogens is 1. The molecule has 1 saturated heterocycles. The first-order valence-corrected chi connectivity index (χ1v) is 7.00. The zero-order chi connectivity index (χ0) is 13.1. The van der Waals surface area contributed by atoms with Crippen LogP contribution in [0.3, 0.4) is 0 Å². The van der Waals surface area contributed by atoms with Gasteiger partial charge in [-0.15, -0.1) is 0 Å². The van der Waals surface area contributed by atoms with Crippen LogP contribution in [0.1, 0.15) is 15.9 Å². The molecule has 98 valence electrons. The van der Waals surface area contributed by atoms with Gasteiger partial charge in [-0.2, -0.15) is 0 Å². The number of carbonyl (C=O) groups is 1. The van der Waals surface area contributed by atoms with E-state index in [9.17, 15) is 9.90 Å². The van der Waals surface area contributed by atoms with Gasteiger partial charge in [-0.1, -0.05) is 28.1 Å². The maximum absolute atomic E-state index is 12.4. The van der Waals surface area contributed by atoms with Crippen molar-refractivity contribution in [2.45, 2.75) is 13.0 Å². The molecule has 1 aromatic rings. The minimum Gasteiger partial charge on any atom is -0.507 e. The summed E-state index contributed by atoms with van der Waals surface area (Å²) in [6, 6.07) is 5.25. The van der Waals surface area contributed by atoms with Crippen molar-refractivity contribution in [1.82, 2.24) is 4.90 Å². The molecule has 0 saturated carbocycles. The molecule has 0 aromatic heterocycles. The molecule has 1 N–H and O–H groups in total. The SMILES string of the molecule is Cc1cccc(C(=O)N2CCOCC2CBr)c1O. The number of hydrogen-bond donors (Lipinski definition) is 1. The fourth-order valence-corrected chi connectivity index (χ4v) is 2.57. The smallest absolute Gasteiger partial charge is 0.258 e. The van der Waals surface area contributed by atoms with Crippen LogP contribution in [0.5, 0.6) is 5.75 Å². The zero-order valence-corrected chi connectivity index (χ0v) is 11.8. The van der Waals surface area contributed by atoms with Crippen molar-refractivity contribution in [2.24, 2.45) is 0 Å². The number of nitrogens with zero attached hydrogens (tertiary/aromatic N) is 1. The quantitative estimate of drug-likeness (QED) is 0.849. The summed E-state index contributed by atoms with van der Waals surface area (Å²) in [5.74, 6) is -0.0636. The molecular formula is C13H16BrNO3. The Kier molecular flexibility index (Phi) is 4.24. The fraction of sp³-hybridized carbons (Fsp3) is 0.462. The average molecular weight is 314 g/mol. The fourth-order valence-electron chi connectivity index (χ4n) is 2.04. The first-order valence-electron chi connectivity index (χ1n) is 5.88. The van der Waals surface area contributed by atoms with Gasteiger partial charge in [0.05, 0.1) is 24.8 Å². The molecule has 2 rings (SSSR count). The van der Waals surface area contributed by atoms with E-state index in [0.29, 0.717) is 36.2 Å². The molecule has 1 aliphatic heterocycles. The van der Waals surface area contributed by atoms with Crippen molar-refractivity contribution in [3.8, 4) is 5.75 Å². The lowest BCUT2D eigenvalue weighted by atomic mass is 10.1. The number of amides is 1. The van der Waals surface area contributed by atoms with E-state index in [2.05, 4.69) is 15.9 Å². The van der Waals surface area contributed by atoms with E-state index in [-0.39, 0.29) is 17.7 Å². The monoisotopic (exact) mass is 313 g/mol. The van der Waals surface area contributed by atoms with Gasteiger partial charge in [0.2, 0.25) is 0 Å². The lowest BCUT2D eigenvalue weighted by molar-refractivity contribution is 0.00509. The molecule has 18 heavy (non-hydrogen) atoms. The Bertz CT molecular complexity index is 450. The Labute approximate surface area is 115 Å². The number of phenols is 1. The normalized spacial score (nSPS) is 19.9. The second-order valence-electron chi connectivity index (χ2n) is 4.35. The van der Waals surface area contributed by atoms with E-state index in [4.69, 9.17) is 4.74 Å². The van der Waals surface area contributed by atoms with E-state index in [1.165, 1.54) is 0 Å². The van der Waals surface area contributed by atoms with Crippen LogP contribution >= 0.6 is 15.9 Å². The van der Waals surface area contributed by atoms with Gasteiger partial charge in [0, 0.05) is 11.9 Å². The van der Waals surface area contributed by atoms with Crippen LogP contribution in [-0.4, -0.2) is 47.0 Å². The average Bonchev–Trinajstić information content (AvgIpc) is 2.41. The summed E-state index contributed by atoms with van der Waals surface area (Å²) in [5.41, 5.74) is 1.08. The maximum Gasteiger partial charge on any atom is 0.258 e. The number of phenolic OH excluding ortho intramolecular Hbond substituents is 1. The second-order valence-corrected chi connectivity index (χ2v) is 5.00. The van der Waals surface area contributed by atoms with E-state index in [0.717, 1.165) is 0 Å². The number of benzene rings is 1. The highest BCUT2D eigenvalue weighted by Gasteiger charge is 2.28. The Morgan fingerprint density at radius 2 is 2.39 bits per heavy atom. The van der Waals surface area contributed by atoms with Crippen LogP contribution in [0.4, 0.5) is 0 Å². The van der Waals surface area contributed by atoms with Crippen LogP contribution in [0.2, 0.25) is 0 Å². The third-order valence-electron chi connectivity index (χ3n) is 3.13. The van der Waals surface area contributed by atoms with Gasteiger partial charge in [0.1, 0.15) is 5.75 Å². The molecule has 1 fully saturated rings. The molecule has 0 aliphatic carbocycles. The van der Waals surface area contributed by atoms with Crippen LogP contribution in [0.25, 0.3) is 0 Å². The van der Waals surface area contributed by atoms with Crippen molar-refractivity contribution < 1.29 is 14.6 Å². The number of aromatic hydroxyl groups is 1. The van der Waals surface area contributed by atoms with Gasteiger partial charge in [-0.3, -0.25) is 4.79 Å². The van der Waals surface area contributed by atoms with E-state index >= 15 is 0 Å². The molecule has 0 radical (unpaired) electrons. The number of para-hydroxylation sites is 1. The minimum absolute atomic E-state index is 0.0196. The highest BCUT2D eigenvalue weighted by atomic mass is 79.9. The molecule has 1 unspecified atom stereocenters. The lowest BCUT2D eigenvalue weighted by Gasteiger charge is -2.34. The number of carbonyl (C=O) groups excluding carboxylic acids is 1. The van der Waals surface area contributed by atoms with E-state index in [1.807, 2.05) is 0 Å². The van der Waals surface area contributed by atoms with Gasteiger partial charge in [0.15, 0.2) is 0 Å². The van der Waals surface area contributed by atoms with Crippen molar-refractivity contribution in [1.29, 1.82) is 0 Å². The predicted octanol–water partition coefficient (Wildman–Crippen LogP) is 1.94. The summed E-state index contributed by atoms with van der Waals surface area (Å²) in [4.78, 5) is 14.2. The minimum atomic E-state index is -0.135. The molecule has 1 aliphatic rings. The maximum atomic E-state index is 12.4. The van der Waals surface area contributed by atoms with Crippen LogP contribution in [-0.2, 0) is 4.74 Å². The number of morpholine rings is 1. The summed E-state index contributed by atoms with van der Waals surface area (Å²) in [7, 11) is 0. The molecule has 0 spiro atoms. The zero-order valence-electron chi connectivity index (χ0n) is 10.2. The Morgan fingerprint density at radius 1 is 1.61 bits per heavy atom. The molecule has 1 atom stereocenters. The first kappa shape index (κ1) is 13.4. The van der Waals surface area contributed by atoms with E-state index in [1.54, 1.807) is 30.0 Å². The van der Waals surface area contributed by atoms with Crippen molar-refractivity contribution in [3.63, 3.8) is 0 Å². The third-order valence-corrected chi connectivity index (χ3v) is 3.88. The summed E-state index contributed by atoms with van der Waals surface area (Å²) in [5, 5.41) is 10.6. The summed E-state index contributed by atoms with van der Waals surface area (Å²) in [6.45, 7) is 3.42. The summed E-state index contributed by atoms with van der Waals surface area (Å²) >= 11 is 3.39. The number of aryl methyl sites for hydroxylation is 1. The lowest BCUT2D eigenvalue weighted by Crippen LogP contribution is -2.49. The van der Waals surface area contributed by atoms with Gasteiger partial charge in [-0.25, -0.2) is 0 Å². The Morgan fingerprint density at radius 3 is 3.11 bits per heavy atom. The van der Waals surface area contributed by atoms with Crippen molar-refractivity contribution >= 4 is 21.8 Å². The predicted molar refractivity (Wildman–Crippen MR) is 72.3 cm³/mol. The van der Waals surface area contributed by atoms with Gasteiger partial charge < -0.3 is 14.7 Å². The molecule has 1 aromatic carbocycles. The molecule has 1 amide bonds. The highest BCUT2D eigenvalue weighted by Crippen LogP contribution is 2.24. The van der Waals surface area contributed by atoms with Gasteiger partial charge in [0.25, 0.3) is 5.91 Å². The largest absolute Gasteiger partial charge is 0.507 e. The number of alkyl halides is 1. The van der Waals surface area contributed by atoms with Crippen LogP contribution < -0.4 is 0 Å². The molecule has 5 heteroatoms. The topological polar surface area (TPSA) is 49.8 Å². The second kappa shape index (κ2) is 5.71. The molecular weight excluding hydrogens is 298 g/mol.